The van der Waals surface area contributed by atoms with Gasteiger partial charge in [0, 0.05) is 18.8 Å². The van der Waals surface area contributed by atoms with Gasteiger partial charge in [-0.2, -0.15) is 4.98 Å². The van der Waals surface area contributed by atoms with Crippen LogP contribution in [0.1, 0.15) is 12.5 Å². The number of anilines is 5. The summed E-state index contributed by atoms with van der Waals surface area (Å²) in [6.45, 7) is 3.39. The second-order valence-corrected chi connectivity index (χ2v) is 6.53. The zero-order chi connectivity index (χ0) is 19.4. The van der Waals surface area contributed by atoms with Crippen molar-refractivity contribution in [1.82, 2.24) is 15.0 Å². The Kier molecular flexibility index (Phi) is 5.73. The number of nitrogens with zero attached hydrogens (tertiary/aromatic N) is 3. The third-order valence-electron chi connectivity index (χ3n) is 3.47. The molecule has 3 aromatic rings. The van der Waals surface area contributed by atoms with Gasteiger partial charge in [0.1, 0.15) is 10.2 Å². The van der Waals surface area contributed by atoms with Crippen LogP contribution in [-0.2, 0) is 4.79 Å². The fourth-order valence-electron chi connectivity index (χ4n) is 2.31. The SMILES string of the molecule is CC(=O)Nc1cc(C)ccc1Nc1nc(Nc2ccnc(Cl)c2)ncc1Cl. The van der Waals surface area contributed by atoms with Gasteiger partial charge in [-0.05, 0) is 36.8 Å². The molecule has 0 saturated heterocycles. The minimum Gasteiger partial charge on any atom is -0.337 e. The summed E-state index contributed by atoms with van der Waals surface area (Å²) >= 11 is 12.1. The Morgan fingerprint density at radius 2 is 1.85 bits per heavy atom. The number of halogens is 2. The Morgan fingerprint density at radius 3 is 2.59 bits per heavy atom. The number of benzene rings is 1. The van der Waals surface area contributed by atoms with Gasteiger partial charge in [-0.25, -0.2) is 9.97 Å². The van der Waals surface area contributed by atoms with Crippen molar-refractivity contribution in [2.45, 2.75) is 13.8 Å². The highest BCUT2D eigenvalue weighted by atomic mass is 35.5. The molecule has 0 saturated carbocycles. The first-order valence-corrected chi connectivity index (χ1v) is 8.72. The summed E-state index contributed by atoms with van der Waals surface area (Å²) < 4.78 is 0. The van der Waals surface area contributed by atoms with Crippen molar-refractivity contribution in [3.05, 3.63) is 58.5 Å². The van der Waals surface area contributed by atoms with Crippen LogP contribution in [-0.4, -0.2) is 20.9 Å². The number of aryl methyl sites for hydroxylation is 1. The minimum atomic E-state index is -0.172. The molecule has 138 valence electrons. The van der Waals surface area contributed by atoms with E-state index in [1.165, 1.54) is 13.1 Å². The van der Waals surface area contributed by atoms with E-state index in [9.17, 15) is 4.79 Å². The van der Waals surface area contributed by atoms with Gasteiger partial charge in [0.2, 0.25) is 11.9 Å². The molecule has 0 atom stereocenters. The van der Waals surface area contributed by atoms with Crippen LogP contribution < -0.4 is 16.0 Å². The summed E-state index contributed by atoms with van der Waals surface area (Å²) in [5.74, 6) is 0.552. The van der Waals surface area contributed by atoms with Gasteiger partial charge >= 0.3 is 0 Å². The maximum atomic E-state index is 11.5. The summed E-state index contributed by atoms with van der Waals surface area (Å²) in [7, 11) is 0. The first-order valence-electron chi connectivity index (χ1n) is 7.97. The van der Waals surface area contributed by atoms with Crippen molar-refractivity contribution in [2.75, 3.05) is 16.0 Å². The highest BCUT2D eigenvalue weighted by Gasteiger charge is 2.10. The number of nitrogens with one attached hydrogen (secondary N) is 3. The molecular weight excluding hydrogens is 387 g/mol. The number of amides is 1. The Morgan fingerprint density at radius 1 is 1.04 bits per heavy atom. The van der Waals surface area contributed by atoms with E-state index in [0.717, 1.165) is 5.56 Å². The van der Waals surface area contributed by atoms with E-state index in [-0.39, 0.29) is 5.91 Å². The normalized spacial score (nSPS) is 10.4. The van der Waals surface area contributed by atoms with Crippen molar-refractivity contribution in [2.24, 2.45) is 0 Å². The zero-order valence-corrected chi connectivity index (χ0v) is 16.1. The highest BCUT2D eigenvalue weighted by molar-refractivity contribution is 6.33. The van der Waals surface area contributed by atoms with Crippen molar-refractivity contribution in [3.63, 3.8) is 0 Å². The molecule has 0 radical (unpaired) electrons. The van der Waals surface area contributed by atoms with Gasteiger partial charge in [0.15, 0.2) is 5.82 Å². The quantitative estimate of drug-likeness (QED) is 0.523. The van der Waals surface area contributed by atoms with Gasteiger partial charge in [0.05, 0.1) is 17.6 Å². The van der Waals surface area contributed by atoms with E-state index in [2.05, 4.69) is 30.9 Å². The van der Waals surface area contributed by atoms with Crippen LogP contribution in [0.25, 0.3) is 0 Å². The molecule has 0 spiro atoms. The predicted octanol–water partition coefficient (Wildman–Crippen LogP) is 4.93. The van der Waals surface area contributed by atoms with Crippen LogP contribution in [0, 0.1) is 6.92 Å². The number of carbonyl (C=O) groups is 1. The largest absolute Gasteiger partial charge is 0.337 e. The Bertz CT molecular complexity index is 995. The van der Waals surface area contributed by atoms with Crippen molar-refractivity contribution in [1.29, 1.82) is 0 Å². The van der Waals surface area contributed by atoms with Crippen molar-refractivity contribution >= 4 is 57.9 Å². The zero-order valence-electron chi connectivity index (χ0n) is 14.5. The fraction of sp³-hybridized carbons (Fsp3) is 0.111. The van der Waals surface area contributed by atoms with Gasteiger partial charge in [-0.3, -0.25) is 4.79 Å². The van der Waals surface area contributed by atoms with Crippen LogP contribution in [0.3, 0.4) is 0 Å². The highest BCUT2D eigenvalue weighted by Crippen LogP contribution is 2.30. The molecule has 27 heavy (non-hydrogen) atoms. The Balaban J connectivity index is 1.88. The lowest BCUT2D eigenvalue weighted by molar-refractivity contribution is -0.114. The molecule has 1 amide bonds. The molecule has 7 nitrogen and oxygen atoms in total. The van der Waals surface area contributed by atoms with E-state index >= 15 is 0 Å². The maximum absolute atomic E-state index is 11.5. The Hall–Kier alpha value is -2.90. The number of pyridine rings is 1. The maximum Gasteiger partial charge on any atom is 0.229 e. The third kappa shape index (κ3) is 5.06. The lowest BCUT2D eigenvalue weighted by Gasteiger charge is -2.14. The van der Waals surface area contributed by atoms with Gasteiger partial charge in [-0.15, -0.1) is 0 Å². The molecule has 0 bridgehead atoms. The molecule has 0 aliphatic carbocycles. The smallest absolute Gasteiger partial charge is 0.229 e. The molecule has 0 aliphatic heterocycles. The lowest BCUT2D eigenvalue weighted by atomic mass is 10.2. The predicted molar refractivity (Wildman–Crippen MR) is 108 cm³/mol. The van der Waals surface area contributed by atoms with Gasteiger partial charge in [-0.1, -0.05) is 29.3 Å². The number of aromatic nitrogens is 3. The van der Waals surface area contributed by atoms with E-state index in [0.29, 0.717) is 39.0 Å². The number of rotatable bonds is 5. The summed E-state index contributed by atoms with van der Waals surface area (Å²) in [6.07, 6.45) is 3.06. The second-order valence-electron chi connectivity index (χ2n) is 5.74. The summed E-state index contributed by atoms with van der Waals surface area (Å²) in [6, 6.07) is 9.01. The van der Waals surface area contributed by atoms with Crippen molar-refractivity contribution in [3.8, 4) is 0 Å². The number of carbonyl (C=O) groups excluding carboxylic acids is 1. The first kappa shape index (κ1) is 18.9. The molecule has 2 aromatic heterocycles. The molecule has 3 rings (SSSR count). The van der Waals surface area contributed by atoms with Gasteiger partial charge < -0.3 is 16.0 Å². The average Bonchev–Trinajstić information content (AvgIpc) is 2.59. The Labute approximate surface area is 166 Å². The van der Waals surface area contributed by atoms with Crippen LogP contribution in [0.4, 0.5) is 28.8 Å². The minimum absolute atomic E-state index is 0.172. The van der Waals surface area contributed by atoms with Crippen LogP contribution >= 0.6 is 23.2 Å². The molecule has 3 N–H and O–H groups in total. The topological polar surface area (TPSA) is 91.8 Å². The van der Waals surface area contributed by atoms with E-state index < -0.39 is 0 Å². The number of hydrogen-bond donors (Lipinski definition) is 3. The molecule has 0 unspecified atom stereocenters. The van der Waals surface area contributed by atoms with Crippen molar-refractivity contribution < 1.29 is 4.79 Å². The second kappa shape index (κ2) is 8.20. The average molecular weight is 403 g/mol. The molecular formula is C18H16Cl2N6O. The van der Waals surface area contributed by atoms with E-state index in [1.807, 2.05) is 25.1 Å². The summed E-state index contributed by atoms with van der Waals surface area (Å²) in [5, 5.41) is 9.65. The molecule has 0 fully saturated rings. The fourth-order valence-corrected chi connectivity index (χ4v) is 2.62. The van der Waals surface area contributed by atoms with Crippen LogP contribution in [0.15, 0.2) is 42.7 Å². The summed E-state index contributed by atoms with van der Waals surface area (Å²) in [5.41, 5.74) is 2.99. The molecule has 9 heteroatoms. The first-order chi connectivity index (χ1) is 12.9. The van der Waals surface area contributed by atoms with E-state index in [1.54, 1.807) is 18.3 Å². The third-order valence-corrected chi connectivity index (χ3v) is 3.95. The van der Waals surface area contributed by atoms with Gasteiger partial charge in [0.25, 0.3) is 0 Å². The van der Waals surface area contributed by atoms with Crippen LogP contribution in [0.5, 0.6) is 0 Å². The standard InChI is InChI=1S/C18H16Cl2N6O/c1-10-3-4-14(15(7-10)23-11(2)27)25-17-13(19)9-22-18(26-17)24-12-5-6-21-16(20)8-12/h3-9H,1-2H3,(H,23,27)(H2,21,22,24,25,26). The molecule has 1 aromatic carbocycles. The van der Waals surface area contributed by atoms with E-state index in [4.69, 9.17) is 23.2 Å². The molecule has 0 aliphatic rings. The number of hydrogen-bond acceptors (Lipinski definition) is 6. The summed E-state index contributed by atoms with van der Waals surface area (Å²) in [4.78, 5) is 23.9. The van der Waals surface area contributed by atoms with Crippen LogP contribution in [0.2, 0.25) is 10.2 Å². The lowest BCUT2D eigenvalue weighted by Crippen LogP contribution is -2.09. The monoisotopic (exact) mass is 402 g/mol. The molecule has 2 heterocycles.